The van der Waals surface area contributed by atoms with E-state index in [2.05, 4.69) is 0 Å². The average molecular weight is 440 g/mol. The number of aliphatic hydroxyl groups is 5. The van der Waals surface area contributed by atoms with Crippen molar-refractivity contribution in [3.05, 3.63) is 22.8 Å². The molecule has 9 unspecified atom stereocenters. The zero-order valence-electron chi connectivity index (χ0n) is 17.3. The fourth-order valence-corrected chi connectivity index (χ4v) is 5.09. The summed E-state index contributed by atoms with van der Waals surface area (Å²) in [7, 11) is 0. The number of hydrogen-bond acceptors (Lipinski definition) is 10. The predicted octanol–water partition coefficient (Wildman–Crippen LogP) is -1.67. The number of carbonyl (C=O) groups excluding carboxylic acids is 2. The molecule has 2 saturated heterocycles. The summed E-state index contributed by atoms with van der Waals surface area (Å²) >= 11 is 0. The topological polar surface area (TPSA) is 163 Å². The van der Waals surface area contributed by atoms with E-state index in [0.717, 1.165) is 5.57 Å². The van der Waals surface area contributed by atoms with Crippen LogP contribution < -0.4 is 0 Å². The molecular formula is C21H28O10. The van der Waals surface area contributed by atoms with Crippen molar-refractivity contribution in [1.29, 1.82) is 0 Å². The third-order valence-corrected chi connectivity index (χ3v) is 6.95. The summed E-state index contributed by atoms with van der Waals surface area (Å²) in [4.78, 5) is 25.0. The number of esters is 1. The van der Waals surface area contributed by atoms with Gasteiger partial charge in [-0.1, -0.05) is 5.57 Å². The molecule has 4 aliphatic rings. The second kappa shape index (κ2) is 8.04. The van der Waals surface area contributed by atoms with Crippen LogP contribution in [-0.2, 0) is 23.8 Å². The first-order valence-corrected chi connectivity index (χ1v) is 10.4. The van der Waals surface area contributed by atoms with Crippen LogP contribution in [0.15, 0.2) is 22.8 Å². The van der Waals surface area contributed by atoms with Crippen LogP contribution in [-0.4, -0.2) is 92.9 Å². The number of rotatable bonds is 4. The minimum absolute atomic E-state index is 0.182. The number of hydrogen-bond donors (Lipinski definition) is 5. The molecule has 0 aromatic carbocycles. The smallest absolute Gasteiger partial charge is 0.338 e. The molecule has 172 valence electrons. The number of allylic oxidation sites excluding steroid dienone is 2. The molecular weight excluding hydrogens is 412 g/mol. The zero-order valence-corrected chi connectivity index (χ0v) is 17.3. The molecule has 0 aromatic heterocycles. The molecule has 9 atom stereocenters. The van der Waals surface area contributed by atoms with E-state index in [-0.39, 0.29) is 12.4 Å². The Bertz CT molecular complexity index is 828. The molecule has 0 radical (unpaired) electrons. The fourth-order valence-electron chi connectivity index (χ4n) is 5.09. The highest BCUT2D eigenvalue weighted by molar-refractivity contribution is 6.09. The Balaban J connectivity index is 1.56. The largest absolute Gasteiger partial charge is 0.459 e. The summed E-state index contributed by atoms with van der Waals surface area (Å²) in [6.45, 7) is 2.49. The first kappa shape index (κ1) is 22.5. The lowest BCUT2D eigenvalue weighted by Crippen LogP contribution is -2.59. The highest BCUT2D eigenvalue weighted by Crippen LogP contribution is 2.49. The second-order valence-corrected chi connectivity index (χ2v) is 8.93. The van der Waals surface area contributed by atoms with Crippen LogP contribution in [0.2, 0.25) is 0 Å². The maximum absolute atomic E-state index is 12.7. The van der Waals surface area contributed by atoms with Crippen molar-refractivity contribution in [1.82, 2.24) is 0 Å². The Hall–Kier alpha value is -1.66. The number of fused-ring (bicyclic) bond motifs is 3. The third-order valence-electron chi connectivity index (χ3n) is 6.95. The lowest BCUT2D eigenvalue weighted by molar-refractivity contribution is -0.299. The van der Waals surface area contributed by atoms with Gasteiger partial charge in [-0.15, -0.1) is 0 Å². The summed E-state index contributed by atoms with van der Waals surface area (Å²) in [6.07, 6.45) is -5.43. The summed E-state index contributed by atoms with van der Waals surface area (Å²) in [5, 5.41) is 50.0. The van der Waals surface area contributed by atoms with E-state index in [0.29, 0.717) is 24.0 Å². The SMILES string of the molecule is CC1=C2C(=O)C=C(COC3OC(CO)C(O)C(O)C3O)C2C2OC(=O)C(C)(O)C2CC1. The maximum Gasteiger partial charge on any atom is 0.338 e. The van der Waals surface area contributed by atoms with Gasteiger partial charge in [0.05, 0.1) is 13.2 Å². The lowest BCUT2D eigenvalue weighted by atomic mass is 9.78. The Morgan fingerprint density at radius 3 is 2.58 bits per heavy atom. The number of ether oxygens (including phenoxy) is 3. The van der Waals surface area contributed by atoms with Crippen molar-refractivity contribution in [3.63, 3.8) is 0 Å². The van der Waals surface area contributed by atoms with Crippen molar-refractivity contribution in [2.45, 2.75) is 69.1 Å². The van der Waals surface area contributed by atoms with Crippen molar-refractivity contribution in [3.8, 4) is 0 Å². The number of carbonyl (C=O) groups is 2. The Morgan fingerprint density at radius 2 is 1.90 bits per heavy atom. The van der Waals surface area contributed by atoms with Crippen LogP contribution in [0.3, 0.4) is 0 Å². The highest BCUT2D eigenvalue weighted by atomic mass is 16.7. The van der Waals surface area contributed by atoms with Gasteiger partial charge < -0.3 is 39.7 Å². The third kappa shape index (κ3) is 3.56. The molecule has 0 spiro atoms. The molecule has 2 heterocycles. The van der Waals surface area contributed by atoms with E-state index in [1.54, 1.807) is 0 Å². The van der Waals surface area contributed by atoms with Gasteiger partial charge in [-0.05, 0) is 38.3 Å². The minimum atomic E-state index is -1.66. The first-order chi connectivity index (χ1) is 14.6. The predicted molar refractivity (Wildman–Crippen MR) is 102 cm³/mol. The molecule has 0 bridgehead atoms. The minimum Gasteiger partial charge on any atom is -0.459 e. The maximum atomic E-state index is 12.7. The van der Waals surface area contributed by atoms with E-state index in [9.17, 15) is 35.1 Å². The number of ketones is 1. The van der Waals surface area contributed by atoms with E-state index in [4.69, 9.17) is 14.2 Å². The lowest BCUT2D eigenvalue weighted by Gasteiger charge is -2.39. The van der Waals surface area contributed by atoms with Crippen LogP contribution in [0.25, 0.3) is 0 Å². The zero-order chi connectivity index (χ0) is 22.7. The highest BCUT2D eigenvalue weighted by Gasteiger charge is 2.58. The van der Waals surface area contributed by atoms with Crippen molar-refractivity contribution >= 4 is 11.8 Å². The average Bonchev–Trinajstić information content (AvgIpc) is 3.10. The summed E-state index contributed by atoms with van der Waals surface area (Å²) < 4.78 is 16.5. The Kier molecular flexibility index (Phi) is 5.84. The monoisotopic (exact) mass is 440 g/mol. The standard InChI is InChI=1S/C21H28O10/c1-8-3-4-10-18(31-20(27)21(10,2)28)14-9(5-11(23)13(8)14)7-29-19-17(26)16(25)15(24)12(6-22)30-19/h5,10,12,14-19,22,24-26,28H,3-4,6-7H2,1-2H3. The van der Waals surface area contributed by atoms with E-state index < -0.39 is 66.8 Å². The van der Waals surface area contributed by atoms with Crippen molar-refractivity contribution in [2.24, 2.45) is 11.8 Å². The summed E-state index contributed by atoms with van der Waals surface area (Å²) in [5.41, 5.74) is 0.217. The molecule has 0 saturated carbocycles. The normalized spacial score (nSPS) is 45.2. The van der Waals surface area contributed by atoms with Gasteiger partial charge in [-0.2, -0.15) is 0 Å². The fraction of sp³-hybridized carbons (Fsp3) is 0.714. The molecule has 31 heavy (non-hydrogen) atoms. The van der Waals surface area contributed by atoms with Gasteiger partial charge in [0.2, 0.25) is 0 Å². The van der Waals surface area contributed by atoms with Gasteiger partial charge in [0.15, 0.2) is 17.7 Å². The Labute approximate surface area is 178 Å². The van der Waals surface area contributed by atoms with E-state index >= 15 is 0 Å². The van der Waals surface area contributed by atoms with Crippen LogP contribution in [0.5, 0.6) is 0 Å². The molecule has 2 aliphatic carbocycles. The molecule has 5 N–H and O–H groups in total. The van der Waals surface area contributed by atoms with Gasteiger partial charge in [0, 0.05) is 17.4 Å². The van der Waals surface area contributed by atoms with Crippen LogP contribution in [0, 0.1) is 11.8 Å². The molecule has 2 aliphatic heterocycles. The quantitative estimate of drug-likeness (QED) is 0.320. The summed E-state index contributed by atoms with van der Waals surface area (Å²) in [6, 6.07) is 0. The van der Waals surface area contributed by atoms with Crippen molar-refractivity contribution in [2.75, 3.05) is 13.2 Å². The first-order valence-electron chi connectivity index (χ1n) is 10.4. The van der Waals surface area contributed by atoms with Crippen molar-refractivity contribution < 1.29 is 49.3 Å². The second-order valence-electron chi connectivity index (χ2n) is 8.93. The van der Waals surface area contributed by atoms with Gasteiger partial charge in [0.1, 0.15) is 30.5 Å². The van der Waals surface area contributed by atoms with E-state index in [1.807, 2.05) is 6.92 Å². The van der Waals surface area contributed by atoms with Gasteiger partial charge >= 0.3 is 5.97 Å². The number of aliphatic hydroxyl groups excluding tert-OH is 4. The molecule has 2 fully saturated rings. The summed E-state index contributed by atoms with van der Waals surface area (Å²) in [5.74, 6) is -2.05. The molecule has 4 rings (SSSR count). The van der Waals surface area contributed by atoms with Gasteiger partial charge in [-0.3, -0.25) is 4.79 Å². The van der Waals surface area contributed by atoms with Gasteiger partial charge in [0.25, 0.3) is 0 Å². The van der Waals surface area contributed by atoms with Crippen LogP contribution in [0.4, 0.5) is 0 Å². The van der Waals surface area contributed by atoms with Crippen LogP contribution in [0.1, 0.15) is 26.7 Å². The molecule has 0 amide bonds. The Morgan fingerprint density at radius 1 is 1.19 bits per heavy atom. The van der Waals surface area contributed by atoms with E-state index in [1.165, 1.54) is 13.0 Å². The molecule has 10 nitrogen and oxygen atoms in total. The molecule has 10 heteroatoms. The molecule has 0 aromatic rings. The van der Waals surface area contributed by atoms with Crippen LogP contribution >= 0.6 is 0 Å². The van der Waals surface area contributed by atoms with Gasteiger partial charge in [-0.25, -0.2) is 4.79 Å².